The molecule has 0 aliphatic heterocycles. The predicted molar refractivity (Wildman–Crippen MR) is 88.0 cm³/mol. The Morgan fingerprint density at radius 2 is 1.90 bits per heavy atom. The molecule has 0 unspecified atom stereocenters. The minimum atomic E-state index is 0. The second kappa shape index (κ2) is 6.62. The Bertz CT molecular complexity index is 583. The van der Waals surface area contributed by atoms with E-state index in [9.17, 15) is 0 Å². The molecule has 2 aromatic carbocycles. The standard InChI is InChI=1S/C17H18ClN.ClH/c1-19-17-11-14(12-6-4-7-15(18)10-12)9-13-5-2-3-8-16(13)17;/h2-8,10,14,17,19H,9,11H2,1H3;1H/t14-,17-;/m0./s1. The van der Waals surface area contributed by atoms with E-state index in [-0.39, 0.29) is 12.4 Å². The minimum absolute atomic E-state index is 0. The number of fused-ring (bicyclic) bond motifs is 1. The molecule has 1 nitrogen and oxygen atoms in total. The third-order valence-electron chi connectivity index (χ3n) is 4.09. The minimum Gasteiger partial charge on any atom is -0.313 e. The quantitative estimate of drug-likeness (QED) is 0.844. The van der Waals surface area contributed by atoms with Crippen LogP contribution in [-0.2, 0) is 6.42 Å². The molecule has 3 rings (SSSR count). The van der Waals surface area contributed by atoms with Crippen LogP contribution in [0.4, 0.5) is 0 Å². The number of hydrogen-bond donors (Lipinski definition) is 1. The molecule has 1 aliphatic rings. The Morgan fingerprint density at radius 1 is 1.10 bits per heavy atom. The summed E-state index contributed by atoms with van der Waals surface area (Å²) in [6.45, 7) is 0. The van der Waals surface area contributed by atoms with Gasteiger partial charge in [-0.05, 0) is 54.6 Å². The van der Waals surface area contributed by atoms with E-state index in [2.05, 4.69) is 41.7 Å². The fraction of sp³-hybridized carbons (Fsp3) is 0.294. The summed E-state index contributed by atoms with van der Waals surface area (Å²) in [6.07, 6.45) is 2.24. The molecule has 0 amide bonds. The average Bonchev–Trinajstić information content (AvgIpc) is 2.46. The van der Waals surface area contributed by atoms with Gasteiger partial charge in [-0.15, -0.1) is 12.4 Å². The molecule has 106 valence electrons. The van der Waals surface area contributed by atoms with Gasteiger partial charge < -0.3 is 5.32 Å². The second-order valence-electron chi connectivity index (χ2n) is 5.23. The maximum atomic E-state index is 6.12. The summed E-state index contributed by atoms with van der Waals surface area (Å²) in [4.78, 5) is 0. The summed E-state index contributed by atoms with van der Waals surface area (Å²) < 4.78 is 0. The van der Waals surface area contributed by atoms with E-state index in [0.29, 0.717) is 12.0 Å². The van der Waals surface area contributed by atoms with E-state index in [1.807, 2.05) is 19.2 Å². The number of nitrogens with one attached hydrogen (secondary N) is 1. The molecule has 0 bridgehead atoms. The van der Waals surface area contributed by atoms with Crippen LogP contribution in [0.3, 0.4) is 0 Å². The number of rotatable bonds is 2. The first kappa shape index (κ1) is 15.4. The second-order valence-corrected chi connectivity index (χ2v) is 5.67. The van der Waals surface area contributed by atoms with Gasteiger partial charge in [0, 0.05) is 11.1 Å². The van der Waals surface area contributed by atoms with Crippen LogP contribution in [0, 0.1) is 0 Å². The zero-order chi connectivity index (χ0) is 13.2. The number of halogens is 2. The Labute approximate surface area is 131 Å². The van der Waals surface area contributed by atoms with Gasteiger partial charge in [-0.2, -0.15) is 0 Å². The normalized spacial score (nSPS) is 20.9. The van der Waals surface area contributed by atoms with Crippen LogP contribution < -0.4 is 5.32 Å². The van der Waals surface area contributed by atoms with Crippen LogP contribution in [0.2, 0.25) is 5.02 Å². The largest absolute Gasteiger partial charge is 0.313 e. The Morgan fingerprint density at radius 3 is 2.65 bits per heavy atom. The van der Waals surface area contributed by atoms with E-state index in [0.717, 1.165) is 17.9 Å². The van der Waals surface area contributed by atoms with Gasteiger partial charge in [-0.3, -0.25) is 0 Å². The third-order valence-corrected chi connectivity index (χ3v) is 4.32. The van der Waals surface area contributed by atoms with Crippen molar-refractivity contribution in [1.29, 1.82) is 0 Å². The lowest BCUT2D eigenvalue weighted by molar-refractivity contribution is 0.449. The molecule has 0 saturated carbocycles. The molecule has 2 atom stereocenters. The number of benzene rings is 2. The molecule has 0 heterocycles. The third kappa shape index (κ3) is 3.01. The van der Waals surface area contributed by atoms with Crippen molar-refractivity contribution >= 4 is 24.0 Å². The van der Waals surface area contributed by atoms with E-state index in [1.54, 1.807) is 0 Å². The lowest BCUT2D eigenvalue weighted by atomic mass is 9.77. The van der Waals surface area contributed by atoms with Gasteiger partial charge >= 0.3 is 0 Å². The van der Waals surface area contributed by atoms with Crippen molar-refractivity contribution in [3.63, 3.8) is 0 Å². The van der Waals surface area contributed by atoms with Crippen molar-refractivity contribution in [2.24, 2.45) is 0 Å². The van der Waals surface area contributed by atoms with Gasteiger partial charge in [0.25, 0.3) is 0 Å². The van der Waals surface area contributed by atoms with Gasteiger partial charge in [0.15, 0.2) is 0 Å². The maximum absolute atomic E-state index is 6.12. The highest BCUT2D eigenvalue weighted by Gasteiger charge is 2.26. The Hall–Kier alpha value is -1.02. The van der Waals surface area contributed by atoms with E-state index < -0.39 is 0 Å². The molecule has 0 spiro atoms. The summed E-state index contributed by atoms with van der Waals surface area (Å²) in [5.41, 5.74) is 4.25. The molecular formula is C17H19Cl2N. The highest BCUT2D eigenvalue weighted by molar-refractivity contribution is 6.30. The first-order chi connectivity index (χ1) is 9.28. The molecule has 0 aromatic heterocycles. The Balaban J connectivity index is 0.00000147. The summed E-state index contributed by atoms with van der Waals surface area (Å²) in [5, 5.41) is 4.27. The van der Waals surface area contributed by atoms with E-state index in [4.69, 9.17) is 11.6 Å². The summed E-state index contributed by atoms with van der Waals surface area (Å²) in [7, 11) is 2.04. The molecule has 0 radical (unpaired) electrons. The topological polar surface area (TPSA) is 12.0 Å². The summed E-state index contributed by atoms with van der Waals surface area (Å²) >= 11 is 6.12. The van der Waals surface area contributed by atoms with Gasteiger partial charge in [0.05, 0.1) is 0 Å². The Kier molecular flexibility index (Phi) is 5.09. The van der Waals surface area contributed by atoms with Crippen LogP contribution in [0.25, 0.3) is 0 Å². The van der Waals surface area contributed by atoms with Crippen LogP contribution in [0.15, 0.2) is 48.5 Å². The molecule has 3 heteroatoms. The first-order valence-electron chi connectivity index (χ1n) is 6.78. The van der Waals surface area contributed by atoms with Crippen molar-refractivity contribution in [3.05, 3.63) is 70.2 Å². The van der Waals surface area contributed by atoms with Gasteiger partial charge in [-0.25, -0.2) is 0 Å². The van der Waals surface area contributed by atoms with Gasteiger partial charge in [0.2, 0.25) is 0 Å². The average molecular weight is 308 g/mol. The van der Waals surface area contributed by atoms with Crippen molar-refractivity contribution < 1.29 is 0 Å². The molecule has 2 aromatic rings. The molecular weight excluding hydrogens is 289 g/mol. The van der Waals surface area contributed by atoms with Crippen LogP contribution in [-0.4, -0.2) is 7.05 Å². The van der Waals surface area contributed by atoms with Crippen molar-refractivity contribution in [2.75, 3.05) is 7.05 Å². The lowest BCUT2D eigenvalue weighted by Crippen LogP contribution is -2.25. The van der Waals surface area contributed by atoms with Crippen molar-refractivity contribution in [3.8, 4) is 0 Å². The van der Waals surface area contributed by atoms with E-state index >= 15 is 0 Å². The highest BCUT2D eigenvalue weighted by atomic mass is 35.5. The number of hydrogen-bond acceptors (Lipinski definition) is 1. The molecule has 0 saturated heterocycles. The van der Waals surface area contributed by atoms with Gasteiger partial charge in [-0.1, -0.05) is 48.0 Å². The zero-order valence-electron chi connectivity index (χ0n) is 11.5. The van der Waals surface area contributed by atoms with Crippen LogP contribution >= 0.6 is 24.0 Å². The van der Waals surface area contributed by atoms with Crippen LogP contribution in [0.5, 0.6) is 0 Å². The van der Waals surface area contributed by atoms with Crippen molar-refractivity contribution in [1.82, 2.24) is 5.32 Å². The van der Waals surface area contributed by atoms with Crippen molar-refractivity contribution in [2.45, 2.75) is 24.8 Å². The summed E-state index contributed by atoms with van der Waals surface area (Å²) in [5.74, 6) is 0.547. The fourth-order valence-corrected chi connectivity index (χ4v) is 3.31. The molecule has 1 N–H and O–H groups in total. The molecule has 20 heavy (non-hydrogen) atoms. The van der Waals surface area contributed by atoms with Crippen LogP contribution in [0.1, 0.15) is 35.1 Å². The molecule has 1 aliphatic carbocycles. The molecule has 0 fully saturated rings. The SMILES string of the molecule is CN[C@H]1C[C@@H](c2cccc(Cl)c2)Cc2ccccc21.Cl. The maximum Gasteiger partial charge on any atom is 0.0408 e. The zero-order valence-corrected chi connectivity index (χ0v) is 13.0. The van der Waals surface area contributed by atoms with Gasteiger partial charge in [0.1, 0.15) is 0 Å². The lowest BCUT2D eigenvalue weighted by Gasteiger charge is -2.31. The predicted octanol–water partition coefficient (Wildman–Crippen LogP) is 4.75. The first-order valence-corrected chi connectivity index (χ1v) is 7.16. The highest BCUT2D eigenvalue weighted by Crippen LogP contribution is 2.38. The fourth-order valence-electron chi connectivity index (χ4n) is 3.11. The summed E-state index contributed by atoms with van der Waals surface area (Å²) in [6, 6.07) is 17.5. The monoisotopic (exact) mass is 307 g/mol. The smallest absolute Gasteiger partial charge is 0.0408 e. The van der Waals surface area contributed by atoms with E-state index in [1.165, 1.54) is 16.7 Å².